The summed E-state index contributed by atoms with van der Waals surface area (Å²) in [5.41, 5.74) is 8.95. The van der Waals surface area contributed by atoms with Crippen LogP contribution >= 0.6 is 0 Å². The minimum Gasteiger partial charge on any atom is -0.366 e. The number of amides is 2. The van der Waals surface area contributed by atoms with Crippen molar-refractivity contribution in [2.45, 2.75) is 32.4 Å². The Bertz CT molecular complexity index is 1040. The molecule has 0 radical (unpaired) electrons. The molecule has 0 bridgehead atoms. The molecule has 1 aromatic heterocycles. The van der Waals surface area contributed by atoms with Crippen LogP contribution in [0, 0.1) is 0 Å². The molecule has 0 saturated heterocycles. The first-order valence-electron chi connectivity index (χ1n) is 9.06. The second-order valence-electron chi connectivity index (χ2n) is 6.93. The van der Waals surface area contributed by atoms with Crippen LogP contribution in [0.1, 0.15) is 51.7 Å². The molecular formula is C21H20N4O3. The Morgan fingerprint density at radius 2 is 1.96 bits per heavy atom. The molecular weight excluding hydrogens is 356 g/mol. The van der Waals surface area contributed by atoms with Crippen molar-refractivity contribution < 1.29 is 14.1 Å². The summed E-state index contributed by atoms with van der Waals surface area (Å²) in [6.45, 7) is 2.07. The number of hydrogen-bond donors (Lipinski definition) is 1. The molecule has 4 rings (SSSR count). The molecule has 1 aliphatic heterocycles. The zero-order chi connectivity index (χ0) is 19.7. The Labute approximate surface area is 162 Å². The van der Waals surface area contributed by atoms with Gasteiger partial charge in [-0.3, -0.25) is 9.59 Å². The summed E-state index contributed by atoms with van der Waals surface area (Å²) in [6.07, 6.45) is 1.04. The lowest BCUT2D eigenvalue weighted by molar-refractivity contribution is -0.133. The van der Waals surface area contributed by atoms with E-state index in [2.05, 4.69) is 16.2 Å². The highest BCUT2D eigenvalue weighted by Crippen LogP contribution is 2.32. The number of fused-ring (bicyclic) bond motifs is 1. The highest BCUT2D eigenvalue weighted by atomic mass is 16.5. The molecule has 1 unspecified atom stereocenters. The average molecular weight is 376 g/mol. The highest BCUT2D eigenvalue weighted by Gasteiger charge is 2.33. The van der Waals surface area contributed by atoms with Gasteiger partial charge in [0.1, 0.15) is 6.04 Å². The van der Waals surface area contributed by atoms with Gasteiger partial charge in [-0.1, -0.05) is 41.6 Å². The number of primary amides is 1. The van der Waals surface area contributed by atoms with E-state index >= 15 is 0 Å². The highest BCUT2D eigenvalue weighted by molar-refractivity contribution is 5.92. The summed E-state index contributed by atoms with van der Waals surface area (Å²) >= 11 is 0. The molecule has 2 N–H and O–H groups in total. The van der Waals surface area contributed by atoms with Crippen LogP contribution in [0.15, 0.2) is 53.1 Å². The minimum absolute atomic E-state index is 0.0339. The first-order chi connectivity index (χ1) is 13.5. The number of carbonyl (C=O) groups excluding carboxylic acids is 2. The van der Waals surface area contributed by atoms with Crippen molar-refractivity contribution in [2.75, 3.05) is 0 Å². The number of nitrogens with two attached hydrogens (primary N) is 1. The van der Waals surface area contributed by atoms with Gasteiger partial charge in [0.15, 0.2) is 5.82 Å². The average Bonchev–Trinajstić information content (AvgIpc) is 3.15. The second-order valence-corrected chi connectivity index (χ2v) is 6.93. The van der Waals surface area contributed by atoms with Crippen LogP contribution < -0.4 is 5.73 Å². The zero-order valence-corrected chi connectivity index (χ0v) is 15.5. The van der Waals surface area contributed by atoms with Crippen molar-refractivity contribution in [1.82, 2.24) is 15.0 Å². The van der Waals surface area contributed by atoms with Crippen molar-refractivity contribution in [3.8, 4) is 0 Å². The zero-order valence-electron chi connectivity index (χ0n) is 15.5. The molecule has 1 atom stereocenters. The fourth-order valence-electron chi connectivity index (χ4n) is 3.57. The summed E-state index contributed by atoms with van der Waals surface area (Å²) in [5.74, 6) is 0.409. The standard InChI is InChI=1S/C21H20N4O3/c1-13(26)25-12-17-7-3-2-6-15(17)11-18(25)21-23-19(24-28-21)10-14-5-4-8-16(9-14)20(22)27/h2-9,18H,10-12H2,1H3,(H2,22,27). The second kappa shape index (κ2) is 7.26. The Morgan fingerprint density at radius 1 is 1.18 bits per heavy atom. The first kappa shape index (κ1) is 17.9. The molecule has 0 spiro atoms. The number of rotatable bonds is 4. The van der Waals surface area contributed by atoms with E-state index in [0.29, 0.717) is 36.7 Å². The quantitative estimate of drug-likeness (QED) is 0.753. The topological polar surface area (TPSA) is 102 Å². The van der Waals surface area contributed by atoms with E-state index in [1.54, 1.807) is 30.0 Å². The number of hydrogen-bond acceptors (Lipinski definition) is 5. The molecule has 0 saturated carbocycles. The molecule has 0 aliphatic carbocycles. The largest absolute Gasteiger partial charge is 0.366 e. The van der Waals surface area contributed by atoms with E-state index in [1.807, 2.05) is 24.3 Å². The third kappa shape index (κ3) is 3.51. The van der Waals surface area contributed by atoms with E-state index in [-0.39, 0.29) is 11.9 Å². The number of benzene rings is 2. The van der Waals surface area contributed by atoms with Gasteiger partial charge in [-0.15, -0.1) is 0 Å². The summed E-state index contributed by atoms with van der Waals surface area (Å²) < 4.78 is 5.50. The molecule has 0 fully saturated rings. The predicted molar refractivity (Wildman–Crippen MR) is 101 cm³/mol. The van der Waals surface area contributed by atoms with Gasteiger partial charge in [-0.2, -0.15) is 4.98 Å². The summed E-state index contributed by atoms with van der Waals surface area (Å²) in [7, 11) is 0. The molecule has 142 valence electrons. The maximum Gasteiger partial charge on any atom is 0.249 e. The third-order valence-corrected chi connectivity index (χ3v) is 5.00. The Morgan fingerprint density at radius 3 is 2.71 bits per heavy atom. The minimum atomic E-state index is -0.478. The molecule has 1 aliphatic rings. The van der Waals surface area contributed by atoms with Gasteiger partial charge in [0.2, 0.25) is 17.7 Å². The van der Waals surface area contributed by atoms with Crippen LogP contribution in [-0.4, -0.2) is 26.9 Å². The summed E-state index contributed by atoms with van der Waals surface area (Å²) in [5, 5.41) is 4.07. The lowest BCUT2D eigenvalue weighted by Crippen LogP contribution is -2.37. The number of carbonyl (C=O) groups is 2. The van der Waals surface area contributed by atoms with E-state index < -0.39 is 5.91 Å². The number of aromatic nitrogens is 2. The normalized spacial score (nSPS) is 15.9. The van der Waals surface area contributed by atoms with Gasteiger partial charge >= 0.3 is 0 Å². The van der Waals surface area contributed by atoms with Crippen LogP contribution in [0.3, 0.4) is 0 Å². The van der Waals surface area contributed by atoms with Crippen molar-refractivity contribution in [3.05, 3.63) is 82.5 Å². The van der Waals surface area contributed by atoms with Crippen LogP contribution in [0.5, 0.6) is 0 Å². The van der Waals surface area contributed by atoms with Gasteiger partial charge < -0.3 is 15.2 Å². The van der Waals surface area contributed by atoms with Crippen LogP contribution in [0.25, 0.3) is 0 Å². The van der Waals surface area contributed by atoms with Crippen molar-refractivity contribution in [3.63, 3.8) is 0 Å². The Hall–Kier alpha value is -3.48. The van der Waals surface area contributed by atoms with Gasteiger partial charge in [0, 0.05) is 31.9 Å². The van der Waals surface area contributed by atoms with Crippen molar-refractivity contribution in [1.29, 1.82) is 0 Å². The smallest absolute Gasteiger partial charge is 0.249 e. The Kier molecular flexibility index (Phi) is 4.65. The molecule has 2 heterocycles. The van der Waals surface area contributed by atoms with Gasteiger partial charge in [-0.05, 0) is 28.8 Å². The summed E-state index contributed by atoms with van der Waals surface area (Å²) in [4.78, 5) is 29.8. The van der Waals surface area contributed by atoms with Crippen LogP contribution in [0.4, 0.5) is 0 Å². The maximum absolute atomic E-state index is 12.2. The van der Waals surface area contributed by atoms with Crippen LogP contribution in [-0.2, 0) is 24.2 Å². The van der Waals surface area contributed by atoms with E-state index in [0.717, 1.165) is 11.1 Å². The lowest BCUT2D eigenvalue weighted by atomic mass is 9.94. The molecule has 2 aromatic carbocycles. The molecule has 28 heavy (non-hydrogen) atoms. The lowest BCUT2D eigenvalue weighted by Gasteiger charge is -2.34. The maximum atomic E-state index is 12.2. The van der Waals surface area contributed by atoms with Gasteiger partial charge in [-0.25, -0.2) is 0 Å². The Balaban J connectivity index is 1.58. The van der Waals surface area contributed by atoms with Gasteiger partial charge in [0.05, 0.1) is 0 Å². The van der Waals surface area contributed by atoms with Crippen molar-refractivity contribution >= 4 is 11.8 Å². The fourth-order valence-corrected chi connectivity index (χ4v) is 3.57. The van der Waals surface area contributed by atoms with Crippen molar-refractivity contribution in [2.24, 2.45) is 5.73 Å². The molecule has 2 amide bonds. The molecule has 3 aromatic rings. The van der Waals surface area contributed by atoms with E-state index in [1.165, 1.54) is 5.56 Å². The first-order valence-corrected chi connectivity index (χ1v) is 9.06. The summed E-state index contributed by atoms with van der Waals surface area (Å²) in [6, 6.07) is 14.8. The fraction of sp³-hybridized carbons (Fsp3) is 0.238. The molecule has 7 nitrogen and oxygen atoms in total. The van der Waals surface area contributed by atoms with E-state index in [9.17, 15) is 9.59 Å². The third-order valence-electron chi connectivity index (χ3n) is 5.00. The SMILES string of the molecule is CC(=O)N1Cc2ccccc2CC1c1nc(Cc2cccc(C(N)=O)c2)no1. The number of nitrogens with zero attached hydrogens (tertiary/aromatic N) is 3. The molecule has 7 heteroatoms. The van der Waals surface area contributed by atoms with E-state index in [4.69, 9.17) is 10.3 Å². The monoisotopic (exact) mass is 376 g/mol. The predicted octanol–water partition coefficient (Wildman–Crippen LogP) is 2.41. The van der Waals surface area contributed by atoms with Crippen LogP contribution in [0.2, 0.25) is 0 Å². The van der Waals surface area contributed by atoms with Gasteiger partial charge in [0.25, 0.3) is 0 Å².